The van der Waals surface area contributed by atoms with Crippen molar-refractivity contribution in [3.63, 3.8) is 0 Å². The van der Waals surface area contributed by atoms with Gasteiger partial charge in [-0.05, 0) is 24.7 Å². The average Bonchev–Trinajstić information content (AvgIpc) is 2.60. The number of furan rings is 1. The SMILES string of the molecule is CCC(C)CSCc1cc(C(=O)O)oc1C. The molecule has 4 heteroatoms. The van der Waals surface area contributed by atoms with Crippen LogP contribution in [0.1, 0.15) is 42.1 Å². The summed E-state index contributed by atoms with van der Waals surface area (Å²) < 4.78 is 5.15. The van der Waals surface area contributed by atoms with E-state index in [4.69, 9.17) is 9.52 Å². The maximum Gasteiger partial charge on any atom is 0.371 e. The molecule has 0 radical (unpaired) electrons. The van der Waals surface area contributed by atoms with Crippen molar-refractivity contribution in [3.05, 3.63) is 23.2 Å². The number of thioether (sulfide) groups is 1. The van der Waals surface area contributed by atoms with Gasteiger partial charge in [-0.1, -0.05) is 20.3 Å². The van der Waals surface area contributed by atoms with E-state index in [-0.39, 0.29) is 5.76 Å². The molecule has 0 aliphatic rings. The Kier molecular flexibility index (Phi) is 4.93. The quantitative estimate of drug-likeness (QED) is 0.828. The minimum Gasteiger partial charge on any atom is -0.475 e. The third-order valence-electron chi connectivity index (χ3n) is 2.59. The van der Waals surface area contributed by atoms with Crippen molar-refractivity contribution in [2.24, 2.45) is 5.92 Å². The van der Waals surface area contributed by atoms with Crippen LogP contribution >= 0.6 is 11.8 Å². The second kappa shape index (κ2) is 5.99. The summed E-state index contributed by atoms with van der Waals surface area (Å²) in [6, 6.07) is 1.63. The normalized spacial score (nSPS) is 12.7. The Morgan fingerprint density at radius 2 is 2.31 bits per heavy atom. The largest absolute Gasteiger partial charge is 0.475 e. The fourth-order valence-electron chi connectivity index (χ4n) is 1.26. The maximum atomic E-state index is 10.7. The van der Waals surface area contributed by atoms with Crippen LogP contribution in [0.25, 0.3) is 0 Å². The van der Waals surface area contributed by atoms with Crippen molar-refractivity contribution in [1.29, 1.82) is 0 Å². The van der Waals surface area contributed by atoms with Crippen LogP contribution in [0.5, 0.6) is 0 Å². The van der Waals surface area contributed by atoms with E-state index in [0.29, 0.717) is 11.7 Å². The molecule has 0 aliphatic carbocycles. The van der Waals surface area contributed by atoms with Gasteiger partial charge in [0.15, 0.2) is 0 Å². The van der Waals surface area contributed by atoms with Crippen molar-refractivity contribution in [1.82, 2.24) is 0 Å². The maximum absolute atomic E-state index is 10.7. The zero-order valence-electron chi connectivity index (χ0n) is 9.95. The molecule has 1 rings (SSSR count). The van der Waals surface area contributed by atoms with E-state index in [1.54, 1.807) is 6.07 Å². The predicted molar refractivity (Wildman–Crippen MR) is 66.0 cm³/mol. The monoisotopic (exact) mass is 242 g/mol. The van der Waals surface area contributed by atoms with Crippen LogP contribution in [-0.4, -0.2) is 16.8 Å². The number of aromatic carboxylic acids is 1. The van der Waals surface area contributed by atoms with Gasteiger partial charge in [-0.15, -0.1) is 0 Å². The standard InChI is InChI=1S/C12H18O3S/c1-4-8(2)6-16-7-10-5-11(12(13)14)15-9(10)3/h5,8H,4,6-7H2,1-3H3,(H,13,14). The topological polar surface area (TPSA) is 50.4 Å². The van der Waals surface area contributed by atoms with Crippen LogP contribution in [-0.2, 0) is 5.75 Å². The van der Waals surface area contributed by atoms with Gasteiger partial charge in [0.2, 0.25) is 5.76 Å². The first-order valence-corrected chi connectivity index (χ1v) is 6.60. The van der Waals surface area contributed by atoms with E-state index in [1.165, 1.54) is 6.42 Å². The summed E-state index contributed by atoms with van der Waals surface area (Å²) in [4.78, 5) is 10.7. The average molecular weight is 242 g/mol. The minimum atomic E-state index is -0.999. The molecule has 0 amide bonds. The molecule has 1 aromatic rings. The zero-order valence-corrected chi connectivity index (χ0v) is 10.8. The smallest absolute Gasteiger partial charge is 0.371 e. The molecule has 1 N–H and O–H groups in total. The van der Waals surface area contributed by atoms with E-state index in [1.807, 2.05) is 18.7 Å². The number of carbonyl (C=O) groups is 1. The Morgan fingerprint density at radius 1 is 1.62 bits per heavy atom. The molecule has 1 heterocycles. The number of hydrogen-bond donors (Lipinski definition) is 1. The molecule has 1 unspecified atom stereocenters. The van der Waals surface area contributed by atoms with Gasteiger partial charge >= 0.3 is 5.97 Å². The summed E-state index contributed by atoms with van der Waals surface area (Å²) in [5, 5.41) is 8.77. The molecule has 0 saturated heterocycles. The zero-order chi connectivity index (χ0) is 12.1. The van der Waals surface area contributed by atoms with Crippen molar-refractivity contribution < 1.29 is 14.3 Å². The van der Waals surface area contributed by atoms with Crippen LogP contribution in [0, 0.1) is 12.8 Å². The number of carboxylic acids is 1. The van der Waals surface area contributed by atoms with Crippen LogP contribution in [0.3, 0.4) is 0 Å². The van der Waals surface area contributed by atoms with Gasteiger partial charge in [-0.25, -0.2) is 4.79 Å². The molecule has 1 aromatic heterocycles. The Morgan fingerprint density at radius 3 is 2.81 bits per heavy atom. The number of hydrogen-bond acceptors (Lipinski definition) is 3. The molecular formula is C12H18O3S. The van der Waals surface area contributed by atoms with Crippen molar-refractivity contribution in [2.75, 3.05) is 5.75 Å². The summed E-state index contributed by atoms with van der Waals surface area (Å²) in [5.74, 6) is 2.39. The molecule has 0 aromatic carbocycles. The van der Waals surface area contributed by atoms with Crippen molar-refractivity contribution in [2.45, 2.75) is 32.9 Å². The van der Waals surface area contributed by atoms with Crippen LogP contribution < -0.4 is 0 Å². The molecule has 3 nitrogen and oxygen atoms in total. The summed E-state index contributed by atoms with van der Waals surface area (Å²) in [5.41, 5.74) is 0.991. The van der Waals surface area contributed by atoms with E-state index < -0.39 is 5.97 Å². The van der Waals surface area contributed by atoms with Gasteiger partial charge in [0.25, 0.3) is 0 Å². The van der Waals surface area contributed by atoms with Crippen LogP contribution in [0.2, 0.25) is 0 Å². The molecular weight excluding hydrogens is 224 g/mol. The molecule has 1 atom stereocenters. The van der Waals surface area contributed by atoms with E-state index in [0.717, 1.165) is 17.1 Å². The highest BCUT2D eigenvalue weighted by molar-refractivity contribution is 7.98. The molecule has 16 heavy (non-hydrogen) atoms. The number of rotatable bonds is 6. The van der Waals surface area contributed by atoms with E-state index in [9.17, 15) is 4.79 Å². The Hall–Kier alpha value is -0.900. The first-order valence-electron chi connectivity index (χ1n) is 5.45. The van der Waals surface area contributed by atoms with E-state index in [2.05, 4.69) is 13.8 Å². The highest BCUT2D eigenvalue weighted by Gasteiger charge is 2.13. The Bertz CT molecular complexity index is 357. The van der Waals surface area contributed by atoms with Gasteiger partial charge < -0.3 is 9.52 Å². The molecule has 0 spiro atoms. The lowest BCUT2D eigenvalue weighted by Gasteiger charge is -2.06. The van der Waals surface area contributed by atoms with Gasteiger partial charge in [0, 0.05) is 11.3 Å². The summed E-state index contributed by atoms with van der Waals surface area (Å²) in [7, 11) is 0. The number of carboxylic acid groups (broad SMARTS) is 1. The lowest BCUT2D eigenvalue weighted by Crippen LogP contribution is -1.96. The lowest BCUT2D eigenvalue weighted by atomic mass is 10.2. The molecule has 0 aliphatic heterocycles. The van der Waals surface area contributed by atoms with Gasteiger partial charge in [0.05, 0.1) is 0 Å². The highest BCUT2D eigenvalue weighted by atomic mass is 32.2. The highest BCUT2D eigenvalue weighted by Crippen LogP contribution is 2.22. The molecule has 0 bridgehead atoms. The van der Waals surface area contributed by atoms with Crippen molar-refractivity contribution >= 4 is 17.7 Å². The minimum absolute atomic E-state index is 0.0386. The fraction of sp³-hybridized carbons (Fsp3) is 0.583. The predicted octanol–water partition coefficient (Wildman–Crippen LogP) is 3.57. The van der Waals surface area contributed by atoms with Gasteiger partial charge in [-0.2, -0.15) is 11.8 Å². The molecule has 0 saturated carbocycles. The van der Waals surface area contributed by atoms with Crippen LogP contribution in [0.15, 0.2) is 10.5 Å². The fourth-order valence-corrected chi connectivity index (χ4v) is 2.52. The third-order valence-corrected chi connectivity index (χ3v) is 3.91. The first kappa shape index (κ1) is 13.2. The first-order chi connectivity index (χ1) is 7.54. The second-order valence-electron chi connectivity index (χ2n) is 4.03. The molecule has 0 fully saturated rings. The summed E-state index contributed by atoms with van der Waals surface area (Å²) in [6.45, 7) is 6.21. The Labute approximate surface area is 100 Å². The van der Waals surface area contributed by atoms with Crippen molar-refractivity contribution in [3.8, 4) is 0 Å². The molecule has 90 valence electrons. The summed E-state index contributed by atoms with van der Waals surface area (Å²) >= 11 is 1.83. The van der Waals surface area contributed by atoms with Crippen LogP contribution in [0.4, 0.5) is 0 Å². The third kappa shape index (κ3) is 3.59. The summed E-state index contributed by atoms with van der Waals surface area (Å²) in [6.07, 6.45) is 1.18. The number of aryl methyl sites for hydroxylation is 1. The van der Waals surface area contributed by atoms with Gasteiger partial charge in [-0.3, -0.25) is 0 Å². The lowest BCUT2D eigenvalue weighted by molar-refractivity contribution is 0.0661. The second-order valence-corrected chi connectivity index (χ2v) is 5.06. The van der Waals surface area contributed by atoms with E-state index >= 15 is 0 Å². The van der Waals surface area contributed by atoms with Gasteiger partial charge in [0.1, 0.15) is 5.76 Å². The Balaban J connectivity index is 2.51.